The van der Waals surface area contributed by atoms with Crippen molar-refractivity contribution in [3.63, 3.8) is 0 Å². The summed E-state index contributed by atoms with van der Waals surface area (Å²) < 4.78 is 16.5. The molecule has 134 valence electrons. The van der Waals surface area contributed by atoms with Gasteiger partial charge in [-0.1, -0.05) is 18.2 Å². The van der Waals surface area contributed by atoms with Crippen molar-refractivity contribution >= 4 is 16.6 Å². The van der Waals surface area contributed by atoms with Crippen LogP contribution in [0, 0.1) is 0 Å². The fraction of sp³-hybridized carbons (Fsp3) is 0.300. The molecule has 0 spiro atoms. The molecule has 1 aliphatic heterocycles. The van der Waals surface area contributed by atoms with Crippen LogP contribution >= 0.6 is 0 Å². The lowest BCUT2D eigenvalue weighted by atomic mass is 10.0. The van der Waals surface area contributed by atoms with E-state index in [-0.39, 0.29) is 6.10 Å². The summed E-state index contributed by atoms with van der Waals surface area (Å²) in [6, 6.07) is 14.4. The fourth-order valence-corrected chi connectivity index (χ4v) is 3.24. The second-order valence-corrected chi connectivity index (χ2v) is 6.20. The van der Waals surface area contributed by atoms with E-state index in [1.807, 2.05) is 18.2 Å². The molecule has 0 saturated carbocycles. The quantitative estimate of drug-likeness (QED) is 0.719. The van der Waals surface area contributed by atoms with Gasteiger partial charge in [0.15, 0.2) is 0 Å². The molecule has 0 unspecified atom stereocenters. The first-order chi connectivity index (χ1) is 12.8. The van der Waals surface area contributed by atoms with Crippen LogP contribution in [0.5, 0.6) is 11.6 Å². The van der Waals surface area contributed by atoms with Crippen LogP contribution in [0.4, 0.5) is 5.82 Å². The van der Waals surface area contributed by atoms with Crippen molar-refractivity contribution in [2.24, 2.45) is 0 Å². The SMILES string of the molecule is COc1ccc2cc([C@H]3CN(c4cc(OC)ncn4)CCO3)ccc2c1. The number of anilines is 1. The molecule has 3 aromatic rings. The number of benzene rings is 2. The van der Waals surface area contributed by atoms with Crippen molar-refractivity contribution in [3.05, 3.63) is 54.4 Å². The highest BCUT2D eigenvalue weighted by molar-refractivity contribution is 5.84. The second kappa shape index (κ2) is 7.17. The topological polar surface area (TPSA) is 56.7 Å². The number of hydrogen-bond acceptors (Lipinski definition) is 6. The number of morpholine rings is 1. The monoisotopic (exact) mass is 351 g/mol. The van der Waals surface area contributed by atoms with Crippen molar-refractivity contribution < 1.29 is 14.2 Å². The summed E-state index contributed by atoms with van der Waals surface area (Å²) in [7, 11) is 3.29. The van der Waals surface area contributed by atoms with E-state index in [1.165, 1.54) is 11.7 Å². The summed E-state index contributed by atoms with van der Waals surface area (Å²) in [5.74, 6) is 2.29. The Labute approximate surface area is 152 Å². The predicted octanol–water partition coefficient (Wildman–Crippen LogP) is 3.22. The molecule has 6 nitrogen and oxygen atoms in total. The van der Waals surface area contributed by atoms with Crippen LogP contribution in [0.15, 0.2) is 48.8 Å². The van der Waals surface area contributed by atoms with Crippen LogP contribution in [0.25, 0.3) is 10.8 Å². The minimum Gasteiger partial charge on any atom is -0.497 e. The van der Waals surface area contributed by atoms with Crippen LogP contribution in [0.1, 0.15) is 11.7 Å². The average Bonchev–Trinajstić information content (AvgIpc) is 2.73. The van der Waals surface area contributed by atoms with E-state index in [4.69, 9.17) is 14.2 Å². The molecule has 26 heavy (non-hydrogen) atoms. The molecule has 1 aliphatic rings. The number of ether oxygens (including phenoxy) is 3. The van der Waals surface area contributed by atoms with E-state index in [0.717, 1.165) is 35.6 Å². The number of hydrogen-bond donors (Lipinski definition) is 0. The summed E-state index contributed by atoms with van der Waals surface area (Å²) >= 11 is 0. The molecule has 0 radical (unpaired) electrons. The highest BCUT2D eigenvalue weighted by Crippen LogP contribution is 2.29. The smallest absolute Gasteiger partial charge is 0.218 e. The van der Waals surface area contributed by atoms with Crippen LogP contribution < -0.4 is 14.4 Å². The Hall–Kier alpha value is -2.86. The van der Waals surface area contributed by atoms with Crippen molar-refractivity contribution in [2.75, 3.05) is 38.8 Å². The van der Waals surface area contributed by atoms with Gasteiger partial charge in [-0.3, -0.25) is 0 Å². The van der Waals surface area contributed by atoms with E-state index < -0.39 is 0 Å². The summed E-state index contributed by atoms with van der Waals surface area (Å²) in [6.07, 6.45) is 1.53. The third-order valence-corrected chi connectivity index (χ3v) is 4.67. The van der Waals surface area contributed by atoms with Gasteiger partial charge >= 0.3 is 0 Å². The Balaban J connectivity index is 1.58. The molecule has 1 fully saturated rings. The van der Waals surface area contributed by atoms with Gasteiger partial charge in [-0.15, -0.1) is 0 Å². The third kappa shape index (κ3) is 3.28. The largest absolute Gasteiger partial charge is 0.497 e. The van der Waals surface area contributed by atoms with Crippen LogP contribution in [0.3, 0.4) is 0 Å². The molecule has 0 N–H and O–H groups in total. The maximum atomic E-state index is 6.03. The van der Waals surface area contributed by atoms with Gasteiger partial charge in [-0.25, -0.2) is 9.97 Å². The molecule has 6 heteroatoms. The summed E-state index contributed by atoms with van der Waals surface area (Å²) in [4.78, 5) is 10.7. The van der Waals surface area contributed by atoms with Crippen LogP contribution in [0.2, 0.25) is 0 Å². The molecular formula is C20H21N3O3. The van der Waals surface area contributed by atoms with Crippen molar-refractivity contribution in [3.8, 4) is 11.6 Å². The van der Waals surface area contributed by atoms with Gasteiger partial charge in [0.05, 0.1) is 20.8 Å². The summed E-state index contributed by atoms with van der Waals surface area (Å²) in [6.45, 7) is 2.18. The van der Waals surface area contributed by atoms with Crippen LogP contribution in [-0.2, 0) is 4.74 Å². The zero-order valence-electron chi connectivity index (χ0n) is 14.9. The van der Waals surface area contributed by atoms with E-state index in [1.54, 1.807) is 14.2 Å². The van der Waals surface area contributed by atoms with Gasteiger partial charge in [-0.05, 0) is 34.5 Å². The van der Waals surface area contributed by atoms with E-state index in [0.29, 0.717) is 12.5 Å². The summed E-state index contributed by atoms with van der Waals surface area (Å²) in [5.41, 5.74) is 1.16. The number of fused-ring (bicyclic) bond motifs is 1. The van der Waals surface area contributed by atoms with E-state index in [2.05, 4.69) is 39.1 Å². The summed E-state index contributed by atoms with van der Waals surface area (Å²) in [5, 5.41) is 2.33. The van der Waals surface area contributed by atoms with Crippen molar-refractivity contribution in [1.82, 2.24) is 9.97 Å². The lowest BCUT2D eigenvalue weighted by molar-refractivity contribution is 0.0396. The Kier molecular flexibility index (Phi) is 4.58. The lowest BCUT2D eigenvalue weighted by Gasteiger charge is -2.34. The van der Waals surface area contributed by atoms with Gasteiger partial charge in [0, 0.05) is 19.2 Å². The number of nitrogens with zero attached hydrogens (tertiary/aromatic N) is 3. The molecule has 2 heterocycles. The van der Waals surface area contributed by atoms with E-state index >= 15 is 0 Å². The van der Waals surface area contributed by atoms with Gasteiger partial charge in [0.25, 0.3) is 0 Å². The average molecular weight is 351 g/mol. The van der Waals surface area contributed by atoms with Gasteiger partial charge in [-0.2, -0.15) is 0 Å². The highest BCUT2D eigenvalue weighted by Gasteiger charge is 2.23. The van der Waals surface area contributed by atoms with Crippen molar-refractivity contribution in [2.45, 2.75) is 6.10 Å². The molecule has 0 amide bonds. The van der Waals surface area contributed by atoms with E-state index in [9.17, 15) is 0 Å². The van der Waals surface area contributed by atoms with Gasteiger partial charge in [0.2, 0.25) is 5.88 Å². The predicted molar refractivity (Wildman–Crippen MR) is 100.0 cm³/mol. The molecule has 1 aromatic heterocycles. The fourth-order valence-electron chi connectivity index (χ4n) is 3.24. The number of aromatic nitrogens is 2. The second-order valence-electron chi connectivity index (χ2n) is 6.20. The maximum absolute atomic E-state index is 6.03. The Morgan fingerprint density at radius 3 is 2.69 bits per heavy atom. The zero-order chi connectivity index (χ0) is 17.9. The normalized spacial score (nSPS) is 17.3. The van der Waals surface area contributed by atoms with Crippen LogP contribution in [-0.4, -0.2) is 43.9 Å². The number of methoxy groups -OCH3 is 2. The Morgan fingerprint density at radius 1 is 1.00 bits per heavy atom. The molecule has 1 atom stereocenters. The maximum Gasteiger partial charge on any atom is 0.218 e. The Bertz CT molecular complexity index is 916. The minimum atomic E-state index is -0.00351. The first kappa shape index (κ1) is 16.6. The first-order valence-corrected chi connectivity index (χ1v) is 8.57. The molecule has 0 bridgehead atoms. The standard InChI is InChI=1S/C20H21N3O3/c1-24-17-6-5-14-9-16(4-3-15(14)10-17)18-12-23(7-8-26-18)19-11-20(25-2)22-13-21-19/h3-6,9-11,13,18H,7-8,12H2,1-2H3/t18-/m1/s1. The van der Waals surface area contributed by atoms with Crippen molar-refractivity contribution in [1.29, 1.82) is 0 Å². The molecule has 2 aromatic carbocycles. The third-order valence-electron chi connectivity index (χ3n) is 4.67. The minimum absolute atomic E-state index is 0.00351. The lowest BCUT2D eigenvalue weighted by Crippen LogP contribution is -2.38. The van der Waals surface area contributed by atoms with Gasteiger partial charge < -0.3 is 19.1 Å². The molecule has 1 saturated heterocycles. The molecule has 0 aliphatic carbocycles. The number of rotatable bonds is 4. The Morgan fingerprint density at radius 2 is 1.85 bits per heavy atom. The zero-order valence-corrected chi connectivity index (χ0v) is 14.9. The molecule has 4 rings (SSSR count). The van der Waals surface area contributed by atoms with Gasteiger partial charge in [0.1, 0.15) is 24.0 Å². The highest BCUT2D eigenvalue weighted by atomic mass is 16.5. The molecular weight excluding hydrogens is 330 g/mol. The first-order valence-electron chi connectivity index (χ1n) is 8.57.